The molecule has 0 radical (unpaired) electrons. The standard InChI is InChI=1S/C20H20FN5O2S/c1-3-4-9-18-23-24-20-19(22-16-7-5-6-8-17(16)26(18)20)25(2)29(27,28)15-12-10-14(21)11-13-15/h5-8,10-13H,3-4,9H2,1-2H3. The van der Waals surface area contributed by atoms with Gasteiger partial charge in [0.2, 0.25) is 5.65 Å². The van der Waals surface area contributed by atoms with Crippen molar-refractivity contribution in [2.45, 2.75) is 31.1 Å². The Labute approximate surface area is 167 Å². The first-order valence-corrected chi connectivity index (χ1v) is 10.7. The van der Waals surface area contributed by atoms with Crippen molar-refractivity contribution in [1.82, 2.24) is 19.6 Å². The van der Waals surface area contributed by atoms with Gasteiger partial charge in [0.05, 0.1) is 15.9 Å². The number of hydrogen-bond acceptors (Lipinski definition) is 5. The Bertz CT molecular complexity index is 1290. The van der Waals surface area contributed by atoms with Crippen LogP contribution >= 0.6 is 0 Å². The number of nitrogens with zero attached hydrogens (tertiary/aromatic N) is 5. The molecule has 0 amide bonds. The van der Waals surface area contributed by atoms with Gasteiger partial charge in [-0.25, -0.2) is 22.1 Å². The maximum Gasteiger partial charge on any atom is 0.265 e. The van der Waals surface area contributed by atoms with Crippen molar-refractivity contribution in [2.75, 3.05) is 11.4 Å². The average Bonchev–Trinajstić information content (AvgIpc) is 3.15. The molecule has 9 heteroatoms. The molecule has 0 saturated carbocycles. The van der Waals surface area contributed by atoms with Crippen molar-refractivity contribution in [2.24, 2.45) is 0 Å². The second-order valence-corrected chi connectivity index (χ2v) is 8.70. The maximum absolute atomic E-state index is 13.2. The fourth-order valence-corrected chi connectivity index (χ4v) is 4.36. The molecule has 0 aliphatic heterocycles. The van der Waals surface area contributed by atoms with Crippen LogP contribution in [0.15, 0.2) is 53.4 Å². The highest BCUT2D eigenvalue weighted by Crippen LogP contribution is 2.28. The van der Waals surface area contributed by atoms with E-state index in [4.69, 9.17) is 0 Å². The predicted molar refractivity (Wildman–Crippen MR) is 109 cm³/mol. The summed E-state index contributed by atoms with van der Waals surface area (Å²) in [5.41, 5.74) is 1.81. The fraction of sp³-hybridized carbons (Fsp3) is 0.250. The van der Waals surface area contributed by atoms with Crippen LogP contribution in [0.25, 0.3) is 16.7 Å². The molecule has 29 heavy (non-hydrogen) atoms. The predicted octanol–water partition coefficient (Wildman–Crippen LogP) is 3.58. The van der Waals surface area contributed by atoms with Gasteiger partial charge in [-0.1, -0.05) is 25.5 Å². The van der Waals surface area contributed by atoms with Crippen molar-refractivity contribution in [3.8, 4) is 0 Å². The Morgan fingerprint density at radius 3 is 2.52 bits per heavy atom. The number of hydrogen-bond donors (Lipinski definition) is 0. The largest absolute Gasteiger partial charge is 0.274 e. The first kappa shape index (κ1) is 19.3. The van der Waals surface area contributed by atoms with Gasteiger partial charge in [0.15, 0.2) is 5.82 Å². The molecule has 2 aromatic heterocycles. The number of para-hydroxylation sites is 2. The lowest BCUT2D eigenvalue weighted by Crippen LogP contribution is -2.28. The average molecular weight is 413 g/mol. The number of aryl methyl sites for hydroxylation is 1. The maximum atomic E-state index is 13.2. The van der Waals surface area contributed by atoms with Crippen molar-refractivity contribution in [1.29, 1.82) is 0 Å². The Morgan fingerprint density at radius 2 is 1.79 bits per heavy atom. The molecular formula is C20H20FN5O2S. The minimum absolute atomic E-state index is 0.0276. The minimum atomic E-state index is -3.95. The molecule has 0 atom stereocenters. The van der Waals surface area contributed by atoms with Crippen LogP contribution in [0.2, 0.25) is 0 Å². The van der Waals surface area contributed by atoms with Gasteiger partial charge >= 0.3 is 0 Å². The van der Waals surface area contributed by atoms with Crippen LogP contribution < -0.4 is 4.31 Å². The van der Waals surface area contributed by atoms with Gasteiger partial charge in [-0.05, 0) is 42.8 Å². The minimum Gasteiger partial charge on any atom is -0.274 e. The molecule has 0 N–H and O–H groups in total. The first-order valence-electron chi connectivity index (χ1n) is 9.30. The molecule has 0 spiro atoms. The van der Waals surface area contributed by atoms with E-state index in [0.29, 0.717) is 11.2 Å². The van der Waals surface area contributed by atoms with E-state index in [1.807, 2.05) is 28.7 Å². The van der Waals surface area contributed by atoms with Gasteiger partial charge in [0.1, 0.15) is 11.6 Å². The van der Waals surface area contributed by atoms with Gasteiger partial charge in [0.25, 0.3) is 10.0 Å². The van der Waals surface area contributed by atoms with Crippen molar-refractivity contribution >= 4 is 32.5 Å². The highest BCUT2D eigenvalue weighted by atomic mass is 32.2. The molecule has 2 aromatic carbocycles. The Balaban J connectivity index is 1.92. The van der Waals surface area contributed by atoms with E-state index in [2.05, 4.69) is 22.1 Å². The molecule has 0 bridgehead atoms. The monoisotopic (exact) mass is 413 g/mol. The van der Waals surface area contributed by atoms with Gasteiger partial charge in [-0.3, -0.25) is 4.40 Å². The van der Waals surface area contributed by atoms with E-state index >= 15 is 0 Å². The third-order valence-electron chi connectivity index (χ3n) is 4.80. The van der Waals surface area contributed by atoms with Crippen molar-refractivity contribution in [3.63, 3.8) is 0 Å². The first-order chi connectivity index (χ1) is 13.9. The summed E-state index contributed by atoms with van der Waals surface area (Å²) < 4.78 is 42.4. The SMILES string of the molecule is CCCCc1nnc2c(N(C)S(=O)(=O)c3ccc(F)cc3)nc3ccccc3n12. The molecule has 0 fully saturated rings. The van der Waals surface area contributed by atoms with Crippen LogP contribution in [-0.2, 0) is 16.4 Å². The summed E-state index contributed by atoms with van der Waals surface area (Å²) in [6.45, 7) is 2.09. The summed E-state index contributed by atoms with van der Waals surface area (Å²) >= 11 is 0. The summed E-state index contributed by atoms with van der Waals surface area (Å²) in [4.78, 5) is 4.53. The Hall–Kier alpha value is -3.07. The molecule has 0 saturated heterocycles. The van der Waals surface area contributed by atoms with Crippen molar-refractivity contribution in [3.05, 3.63) is 60.2 Å². The summed E-state index contributed by atoms with van der Waals surface area (Å²) in [7, 11) is -2.54. The topological polar surface area (TPSA) is 80.5 Å². The molecule has 0 aliphatic carbocycles. The number of halogens is 1. The molecule has 4 aromatic rings. The van der Waals surface area contributed by atoms with E-state index in [1.54, 1.807) is 0 Å². The van der Waals surface area contributed by atoms with Crippen LogP contribution in [0.4, 0.5) is 10.2 Å². The van der Waals surface area contributed by atoms with E-state index < -0.39 is 15.8 Å². The zero-order valence-corrected chi connectivity index (χ0v) is 16.9. The normalized spacial score (nSPS) is 12.0. The lowest BCUT2D eigenvalue weighted by molar-refractivity contribution is 0.592. The summed E-state index contributed by atoms with van der Waals surface area (Å²) in [5, 5.41) is 8.54. The molecule has 2 heterocycles. The number of rotatable bonds is 6. The number of fused-ring (bicyclic) bond motifs is 3. The molecule has 7 nitrogen and oxygen atoms in total. The molecule has 4 rings (SSSR count). The van der Waals surface area contributed by atoms with Gasteiger partial charge in [-0.2, -0.15) is 0 Å². The van der Waals surface area contributed by atoms with Crippen LogP contribution in [0, 0.1) is 5.82 Å². The number of sulfonamides is 1. The lowest BCUT2D eigenvalue weighted by Gasteiger charge is -2.19. The van der Waals surface area contributed by atoms with Gasteiger partial charge in [0, 0.05) is 13.5 Å². The van der Waals surface area contributed by atoms with Crippen LogP contribution in [0.1, 0.15) is 25.6 Å². The number of aromatic nitrogens is 4. The van der Waals surface area contributed by atoms with E-state index in [0.717, 1.165) is 47.0 Å². The summed E-state index contributed by atoms with van der Waals surface area (Å²) in [6.07, 6.45) is 2.67. The van der Waals surface area contributed by atoms with Gasteiger partial charge in [-0.15, -0.1) is 10.2 Å². The second kappa shape index (κ2) is 7.40. The molecule has 150 valence electrons. The van der Waals surface area contributed by atoms with E-state index in [1.165, 1.54) is 19.2 Å². The van der Waals surface area contributed by atoms with E-state index in [9.17, 15) is 12.8 Å². The number of anilines is 1. The smallest absolute Gasteiger partial charge is 0.265 e. The van der Waals surface area contributed by atoms with Crippen LogP contribution in [0.5, 0.6) is 0 Å². The lowest BCUT2D eigenvalue weighted by atomic mass is 10.2. The Kier molecular flexibility index (Phi) is 4.91. The molecular weight excluding hydrogens is 393 g/mol. The third kappa shape index (κ3) is 3.31. The summed E-state index contributed by atoms with van der Waals surface area (Å²) in [6, 6.07) is 12.2. The quantitative estimate of drug-likeness (QED) is 0.483. The van der Waals surface area contributed by atoms with E-state index in [-0.39, 0.29) is 10.7 Å². The second-order valence-electron chi connectivity index (χ2n) is 6.73. The zero-order valence-electron chi connectivity index (χ0n) is 16.1. The zero-order chi connectivity index (χ0) is 20.6. The Morgan fingerprint density at radius 1 is 1.07 bits per heavy atom. The number of unbranched alkanes of at least 4 members (excludes halogenated alkanes) is 1. The van der Waals surface area contributed by atoms with Crippen LogP contribution in [-0.4, -0.2) is 35.0 Å². The number of benzene rings is 2. The fourth-order valence-electron chi connectivity index (χ4n) is 3.21. The van der Waals surface area contributed by atoms with Gasteiger partial charge < -0.3 is 0 Å². The van der Waals surface area contributed by atoms with Crippen molar-refractivity contribution < 1.29 is 12.8 Å². The highest BCUT2D eigenvalue weighted by Gasteiger charge is 2.27. The summed E-state index contributed by atoms with van der Waals surface area (Å²) in [5.74, 6) is 0.424. The highest BCUT2D eigenvalue weighted by molar-refractivity contribution is 7.92. The molecule has 0 aliphatic rings. The van der Waals surface area contributed by atoms with Crippen LogP contribution in [0.3, 0.4) is 0 Å². The molecule has 0 unspecified atom stereocenters. The third-order valence-corrected chi connectivity index (χ3v) is 6.57.